The molecule has 0 heterocycles. The number of hydrogen-bond donors (Lipinski definition) is 2. The second kappa shape index (κ2) is 14.3. The molecule has 27 heavy (non-hydrogen) atoms. The molecule has 0 fully saturated rings. The zero-order valence-electron chi connectivity index (χ0n) is 17.5. The molecule has 0 unspecified atom stereocenters. The van der Waals surface area contributed by atoms with Crippen LogP contribution in [0.5, 0.6) is 0 Å². The van der Waals surface area contributed by atoms with E-state index in [0.717, 1.165) is 25.7 Å². The Hall–Kier alpha value is -1.79. The van der Waals surface area contributed by atoms with E-state index in [-0.39, 0.29) is 31.2 Å². The second-order valence-corrected chi connectivity index (χ2v) is 7.54. The predicted octanol–water partition coefficient (Wildman–Crippen LogP) is 4.35. The van der Waals surface area contributed by atoms with Gasteiger partial charge in [0, 0.05) is 25.3 Å². The number of carbonyl (C=O) groups is 3. The van der Waals surface area contributed by atoms with Crippen LogP contribution in [0.15, 0.2) is 0 Å². The van der Waals surface area contributed by atoms with Crippen LogP contribution >= 0.6 is 0 Å². The molecular weight excluding hydrogens is 350 g/mol. The Bertz CT molecular complexity index is 452. The average Bonchev–Trinajstić information content (AvgIpc) is 2.58. The fourth-order valence-electron chi connectivity index (χ4n) is 2.80. The van der Waals surface area contributed by atoms with Crippen molar-refractivity contribution >= 4 is 18.0 Å². The highest BCUT2D eigenvalue weighted by Gasteiger charge is 2.23. The van der Waals surface area contributed by atoms with E-state index in [1.54, 1.807) is 20.8 Å². The van der Waals surface area contributed by atoms with Crippen molar-refractivity contribution < 1.29 is 29.0 Å². The molecule has 0 bridgehead atoms. The van der Waals surface area contributed by atoms with E-state index < -0.39 is 24.3 Å². The molecule has 3 atom stereocenters. The van der Waals surface area contributed by atoms with Crippen molar-refractivity contribution in [1.29, 1.82) is 0 Å². The van der Waals surface area contributed by atoms with Gasteiger partial charge in [-0.3, -0.25) is 9.59 Å². The van der Waals surface area contributed by atoms with Gasteiger partial charge in [0.1, 0.15) is 0 Å². The summed E-state index contributed by atoms with van der Waals surface area (Å²) in [5.41, 5.74) is 0. The first kappa shape index (κ1) is 25.2. The van der Waals surface area contributed by atoms with Crippen LogP contribution in [0.2, 0.25) is 0 Å². The second-order valence-electron chi connectivity index (χ2n) is 7.54. The maximum absolute atomic E-state index is 12.0. The molecule has 0 aromatic carbocycles. The Labute approximate surface area is 163 Å². The largest absolute Gasteiger partial charge is 0.481 e. The van der Waals surface area contributed by atoms with Crippen molar-refractivity contribution in [2.24, 2.45) is 17.8 Å². The van der Waals surface area contributed by atoms with E-state index in [0.29, 0.717) is 5.92 Å². The zero-order valence-corrected chi connectivity index (χ0v) is 17.5. The molecular formula is C20H37NO6. The lowest BCUT2D eigenvalue weighted by Gasteiger charge is -2.23. The van der Waals surface area contributed by atoms with Crippen molar-refractivity contribution in [2.45, 2.75) is 85.9 Å². The summed E-state index contributed by atoms with van der Waals surface area (Å²) in [4.78, 5) is 34.6. The first-order valence-electron chi connectivity index (χ1n) is 10.0. The number of carboxylic acids is 1. The normalized spacial score (nSPS) is 14.3. The monoisotopic (exact) mass is 387 g/mol. The Balaban J connectivity index is 4.54. The molecule has 7 nitrogen and oxygen atoms in total. The molecule has 0 rings (SSSR count). The summed E-state index contributed by atoms with van der Waals surface area (Å²) in [6.07, 6.45) is 3.78. The minimum absolute atomic E-state index is 0.00315. The third-order valence-electron chi connectivity index (χ3n) is 4.34. The first-order chi connectivity index (χ1) is 12.7. The molecule has 0 aromatic heterocycles. The van der Waals surface area contributed by atoms with Crippen LogP contribution in [0.25, 0.3) is 0 Å². The summed E-state index contributed by atoms with van der Waals surface area (Å²) in [6.45, 7) is 9.71. The van der Waals surface area contributed by atoms with Crippen molar-refractivity contribution in [1.82, 2.24) is 5.32 Å². The number of rotatable bonds is 14. The highest BCUT2D eigenvalue weighted by molar-refractivity contribution is 5.70. The lowest BCUT2D eigenvalue weighted by molar-refractivity contribution is -0.174. The topological polar surface area (TPSA) is 102 Å². The SMILES string of the molecule is CCCCC[C@@H](C)C[C@H](CNC(=O)O[C@@H](OC(=O)CC)C(C)C)CC(=O)O. The molecule has 2 N–H and O–H groups in total. The number of alkyl carbamates (subject to hydrolysis) is 1. The van der Waals surface area contributed by atoms with E-state index in [2.05, 4.69) is 19.2 Å². The van der Waals surface area contributed by atoms with Gasteiger partial charge in [0.25, 0.3) is 6.29 Å². The predicted molar refractivity (Wildman–Crippen MR) is 103 cm³/mol. The molecule has 0 radical (unpaired) electrons. The third-order valence-corrected chi connectivity index (χ3v) is 4.34. The number of nitrogens with one attached hydrogen (secondary N) is 1. The van der Waals surface area contributed by atoms with Crippen LogP contribution in [-0.2, 0) is 19.1 Å². The fraction of sp³-hybridized carbons (Fsp3) is 0.850. The van der Waals surface area contributed by atoms with Crippen LogP contribution < -0.4 is 5.32 Å². The molecule has 0 spiro atoms. The summed E-state index contributed by atoms with van der Waals surface area (Å²) in [6, 6.07) is 0. The van der Waals surface area contributed by atoms with Gasteiger partial charge in [0.2, 0.25) is 0 Å². The number of amides is 1. The van der Waals surface area contributed by atoms with Crippen LogP contribution in [0, 0.1) is 17.8 Å². The number of ether oxygens (including phenoxy) is 2. The van der Waals surface area contributed by atoms with Crippen molar-refractivity contribution in [3.63, 3.8) is 0 Å². The van der Waals surface area contributed by atoms with Gasteiger partial charge in [-0.15, -0.1) is 0 Å². The Morgan fingerprint density at radius 1 is 1.04 bits per heavy atom. The summed E-state index contributed by atoms with van der Waals surface area (Å²) < 4.78 is 10.3. The van der Waals surface area contributed by atoms with Gasteiger partial charge in [-0.2, -0.15) is 0 Å². The fourth-order valence-corrected chi connectivity index (χ4v) is 2.80. The van der Waals surface area contributed by atoms with Crippen molar-refractivity contribution in [2.75, 3.05) is 6.54 Å². The third kappa shape index (κ3) is 13.1. The van der Waals surface area contributed by atoms with Gasteiger partial charge in [-0.25, -0.2) is 4.79 Å². The molecule has 0 saturated heterocycles. The Morgan fingerprint density at radius 2 is 1.70 bits per heavy atom. The van der Waals surface area contributed by atoms with E-state index >= 15 is 0 Å². The van der Waals surface area contributed by atoms with Gasteiger partial charge in [-0.05, 0) is 18.3 Å². The number of carbonyl (C=O) groups excluding carboxylic acids is 2. The zero-order chi connectivity index (χ0) is 20.8. The smallest absolute Gasteiger partial charge is 0.410 e. The number of esters is 1. The summed E-state index contributed by atoms with van der Waals surface area (Å²) in [7, 11) is 0. The van der Waals surface area contributed by atoms with Crippen LogP contribution in [-0.4, -0.2) is 36.0 Å². The summed E-state index contributed by atoms with van der Waals surface area (Å²) in [5, 5.41) is 11.7. The molecule has 1 amide bonds. The van der Waals surface area contributed by atoms with E-state index in [9.17, 15) is 14.4 Å². The quantitative estimate of drug-likeness (QED) is 0.261. The van der Waals surface area contributed by atoms with E-state index in [1.165, 1.54) is 6.42 Å². The minimum atomic E-state index is -0.955. The highest BCUT2D eigenvalue weighted by atomic mass is 16.7. The molecule has 7 heteroatoms. The van der Waals surface area contributed by atoms with Gasteiger partial charge >= 0.3 is 18.0 Å². The maximum atomic E-state index is 12.0. The van der Waals surface area contributed by atoms with E-state index in [4.69, 9.17) is 14.6 Å². The average molecular weight is 388 g/mol. The number of aliphatic carboxylic acids is 1. The van der Waals surface area contributed by atoms with Gasteiger partial charge in [-0.1, -0.05) is 60.3 Å². The first-order valence-corrected chi connectivity index (χ1v) is 10.0. The molecule has 158 valence electrons. The summed E-state index contributed by atoms with van der Waals surface area (Å²) in [5.74, 6) is -1.27. The Morgan fingerprint density at radius 3 is 2.22 bits per heavy atom. The lowest BCUT2D eigenvalue weighted by atomic mass is 9.89. The molecule has 0 aromatic rings. The van der Waals surface area contributed by atoms with Crippen LogP contribution in [0.4, 0.5) is 4.79 Å². The summed E-state index contributed by atoms with van der Waals surface area (Å²) >= 11 is 0. The van der Waals surface area contributed by atoms with Gasteiger partial charge in [0.15, 0.2) is 0 Å². The number of unbranched alkanes of at least 4 members (excludes halogenated alkanes) is 2. The lowest BCUT2D eigenvalue weighted by Crippen LogP contribution is -2.37. The number of carboxylic acid groups (broad SMARTS) is 1. The van der Waals surface area contributed by atoms with E-state index in [1.807, 2.05) is 0 Å². The van der Waals surface area contributed by atoms with Gasteiger partial charge < -0.3 is 19.9 Å². The van der Waals surface area contributed by atoms with Gasteiger partial charge in [0.05, 0.1) is 0 Å². The molecule has 0 aliphatic rings. The maximum Gasteiger partial charge on any atom is 0.410 e. The van der Waals surface area contributed by atoms with Crippen molar-refractivity contribution in [3.8, 4) is 0 Å². The van der Waals surface area contributed by atoms with Crippen LogP contribution in [0.3, 0.4) is 0 Å². The Kier molecular flexibility index (Phi) is 13.3. The van der Waals surface area contributed by atoms with Crippen LogP contribution in [0.1, 0.15) is 79.6 Å². The van der Waals surface area contributed by atoms with Crippen molar-refractivity contribution in [3.05, 3.63) is 0 Å². The molecule has 0 saturated carbocycles. The minimum Gasteiger partial charge on any atom is -0.481 e. The highest BCUT2D eigenvalue weighted by Crippen LogP contribution is 2.21. The molecule has 0 aliphatic carbocycles. The standard InChI is InChI=1S/C20H37NO6/c1-6-8-9-10-15(5)11-16(12-17(22)23)13-21-20(25)27-19(14(3)4)26-18(24)7-2/h14-16,19H,6-13H2,1-5H3,(H,21,25)(H,22,23)/t15-,16+,19-/m1/s1. The molecule has 0 aliphatic heterocycles. The number of hydrogen-bond acceptors (Lipinski definition) is 5.